The minimum atomic E-state index is 0.197. The molecule has 6 heteroatoms. The minimum absolute atomic E-state index is 0.197. The number of aromatic nitrogens is 2. The molecule has 0 saturated carbocycles. The predicted molar refractivity (Wildman–Crippen MR) is 87.7 cm³/mol. The zero-order valence-electron chi connectivity index (χ0n) is 13.1. The standard InChI is InChI=1S/C16H22N4OS/c1-18(2)9-13-10-19-6-5-17-15(19)12-20(11-13)16(21)8-14-4-3-7-22-14/h3-7,13H,8-12H2,1-2H3. The Kier molecular flexibility index (Phi) is 4.59. The molecule has 1 atom stereocenters. The van der Waals surface area contributed by atoms with Crippen LogP contribution in [0.2, 0.25) is 0 Å². The van der Waals surface area contributed by atoms with Gasteiger partial charge in [0.05, 0.1) is 13.0 Å². The SMILES string of the molecule is CN(C)CC1CN(C(=O)Cc2cccs2)Cc2nccn2C1. The Morgan fingerprint density at radius 1 is 1.45 bits per heavy atom. The Morgan fingerprint density at radius 2 is 2.32 bits per heavy atom. The first-order chi connectivity index (χ1) is 10.6. The molecule has 118 valence electrons. The maximum absolute atomic E-state index is 12.7. The maximum atomic E-state index is 12.7. The Bertz CT molecular complexity index is 620. The third kappa shape index (κ3) is 3.56. The number of nitrogens with zero attached hydrogens (tertiary/aromatic N) is 4. The van der Waals surface area contributed by atoms with Gasteiger partial charge in [-0.2, -0.15) is 0 Å². The van der Waals surface area contributed by atoms with E-state index < -0.39 is 0 Å². The highest BCUT2D eigenvalue weighted by Gasteiger charge is 2.26. The van der Waals surface area contributed by atoms with E-state index in [0.29, 0.717) is 18.9 Å². The maximum Gasteiger partial charge on any atom is 0.228 e. The lowest BCUT2D eigenvalue weighted by atomic mass is 10.1. The van der Waals surface area contributed by atoms with Crippen LogP contribution >= 0.6 is 11.3 Å². The quantitative estimate of drug-likeness (QED) is 0.862. The Morgan fingerprint density at radius 3 is 3.05 bits per heavy atom. The summed E-state index contributed by atoms with van der Waals surface area (Å²) in [4.78, 5) is 22.4. The molecule has 5 nitrogen and oxygen atoms in total. The smallest absolute Gasteiger partial charge is 0.228 e. The van der Waals surface area contributed by atoms with Gasteiger partial charge in [-0.25, -0.2) is 4.98 Å². The van der Waals surface area contributed by atoms with Crippen LogP contribution in [0.4, 0.5) is 0 Å². The zero-order chi connectivity index (χ0) is 15.5. The second kappa shape index (κ2) is 6.62. The lowest BCUT2D eigenvalue weighted by Crippen LogP contribution is -2.38. The fourth-order valence-corrected chi connectivity index (χ4v) is 3.73. The summed E-state index contributed by atoms with van der Waals surface area (Å²) in [5.74, 6) is 1.61. The van der Waals surface area contributed by atoms with Gasteiger partial charge in [0.15, 0.2) is 0 Å². The highest BCUT2D eigenvalue weighted by molar-refractivity contribution is 7.10. The van der Waals surface area contributed by atoms with E-state index in [4.69, 9.17) is 0 Å². The summed E-state index contributed by atoms with van der Waals surface area (Å²) in [5.41, 5.74) is 0. The number of hydrogen-bond donors (Lipinski definition) is 0. The number of rotatable bonds is 4. The zero-order valence-corrected chi connectivity index (χ0v) is 13.9. The molecule has 0 saturated heterocycles. The summed E-state index contributed by atoms with van der Waals surface area (Å²) in [6, 6.07) is 4.02. The van der Waals surface area contributed by atoms with Crippen molar-refractivity contribution in [1.29, 1.82) is 0 Å². The first-order valence-corrected chi connectivity index (χ1v) is 8.44. The van der Waals surface area contributed by atoms with Gasteiger partial charge in [-0.05, 0) is 25.5 Å². The molecule has 0 bridgehead atoms. The van der Waals surface area contributed by atoms with Crippen molar-refractivity contribution in [2.75, 3.05) is 27.2 Å². The van der Waals surface area contributed by atoms with Crippen molar-refractivity contribution in [3.8, 4) is 0 Å². The molecular formula is C16H22N4OS. The third-order valence-corrected chi connectivity index (χ3v) is 4.83. The number of carbonyl (C=O) groups is 1. The van der Waals surface area contributed by atoms with Gasteiger partial charge >= 0.3 is 0 Å². The molecule has 1 aliphatic rings. The molecule has 1 aliphatic heterocycles. The van der Waals surface area contributed by atoms with Crippen LogP contribution in [0.1, 0.15) is 10.7 Å². The largest absolute Gasteiger partial charge is 0.335 e. The molecule has 0 N–H and O–H groups in total. The number of amides is 1. The molecule has 3 rings (SSSR count). The highest BCUT2D eigenvalue weighted by Crippen LogP contribution is 2.18. The molecule has 3 heterocycles. The molecule has 22 heavy (non-hydrogen) atoms. The van der Waals surface area contributed by atoms with E-state index in [1.807, 2.05) is 34.8 Å². The summed E-state index contributed by atoms with van der Waals surface area (Å²) >= 11 is 1.64. The van der Waals surface area contributed by atoms with Crippen LogP contribution < -0.4 is 0 Å². The molecule has 1 amide bonds. The lowest BCUT2D eigenvalue weighted by molar-refractivity contribution is -0.131. The van der Waals surface area contributed by atoms with E-state index in [0.717, 1.165) is 30.3 Å². The van der Waals surface area contributed by atoms with Crippen molar-refractivity contribution in [2.45, 2.75) is 19.5 Å². The molecule has 0 aliphatic carbocycles. The van der Waals surface area contributed by atoms with Gasteiger partial charge in [0.1, 0.15) is 5.82 Å². The molecule has 2 aromatic rings. The minimum Gasteiger partial charge on any atom is -0.335 e. The first-order valence-electron chi connectivity index (χ1n) is 7.56. The Balaban J connectivity index is 1.76. The molecule has 0 radical (unpaired) electrons. The van der Waals surface area contributed by atoms with Gasteiger partial charge in [-0.1, -0.05) is 6.07 Å². The number of fused-ring (bicyclic) bond motifs is 1. The van der Waals surface area contributed by atoms with Gasteiger partial charge in [0.25, 0.3) is 0 Å². The van der Waals surface area contributed by atoms with Crippen molar-refractivity contribution < 1.29 is 4.79 Å². The summed E-state index contributed by atoms with van der Waals surface area (Å²) in [6.07, 6.45) is 4.34. The predicted octanol–water partition coefficient (Wildman–Crippen LogP) is 1.71. The monoisotopic (exact) mass is 318 g/mol. The molecule has 0 fully saturated rings. The van der Waals surface area contributed by atoms with Crippen LogP contribution in [0.3, 0.4) is 0 Å². The van der Waals surface area contributed by atoms with E-state index in [9.17, 15) is 4.79 Å². The van der Waals surface area contributed by atoms with Crippen molar-refractivity contribution >= 4 is 17.2 Å². The van der Waals surface area contributed by atoms with Crippen LogP contribution in [0, 0.1) is 5.92 Å². The number of thiophene rings is 1. The van der Waals surface area contributed by atoms with Gasteiger partial charge < -0.3 is 14.4 Å². The van der Waals surface area contributed by atoms with Crippen LogP contribution in [0.5, 0.6) is 0 Å². The molecule has 2 aromatic heterocycles. The first kappa shape index (κ1) is 15.2. The lowest BCUT2D eigenvalue weighted by Gasteiger charge is -2.25. The Labute approximate surface area is 135 Å². The van der Waals surface area contributed by atoms with E-state index in [2.05, 4.69) is 28.5 Å². The van der Waals surface area contributed by atoms with Crippen LogP contribution in [-0.4, -0.2) is 52.4 Å². The van der Waals surface area contributed by atoms with Gasteiger partial charge in [-0.15, -0.1) is 11.3 Å². The van der Waals surface area contributed by atoms with E-state index in [-0.39, 0.29) is 5.91 Å². The molecule has 1 unspecified atom stereocenters. The normalized spacial score (nSPS) is 18.3. The topological polar surface area (TPSA) is 41.4 Å². The molecular weight excluding hydrogens is 296 g/mol. The van der Waals surface area contributed by atoms with Crippen molar-refractivity contribution in [2.24, 2.45) is 5.92 Å². The van der Waals surface area contributed by atoms with Crippen molar-refractivity contribution in [3.05, 3.63) is 40.6 Å². The molecule has 0 aromatic carbocycles. The third-order valence-electron chi connectivity index (χ3n) is 3.95. The number of imidazole rings is 1. The summed E-state index contributed by atoms with van der Waals surface area (Å²) in [6.45, 7) is 3.31. The van der Waals surface area contributed by atoms with Crippen LogP contribution in [0.15, 0.2) is 29.9 Å². The highest BCUT2D eigenvalue weighted by atomic mass is 32.1. The van der Waals surface area contributed by atoms with Gasteiger partial charge in [0, 0.05) is 42.8 Å². The summed E-state index contributed by atoms with van der Waals surface area (Å²) in [5, 5.41) is 2.02. The van der Waals surface area contributed by atoms with Crippen LogP contribution in [-0.2, 0) is 24.3 Å². The second-order valence-corrected chi connectivity index (χ2v) is 7.19. The fraction of sp³-hybridized carbons (Fsp3) is 0.500. The van der Waals surface area contributed by atoms with E-state index in [1.54, 1.807) is 11.3 Å². The van der Waals surface area contributed by atoms with Crippen molar-refractivity contribution in [3.63, 3.8) is 0 Å². The van der Waals surface area contributed by atoms with Crippen molar-refractivity contribution in [1.82, 2.24) is 19.4 Å². The fourth-order valence-electron chi connectivity index (χ4n) is 3.04. The summed E-state index contributed by atoms with van der Waals surface area (Å²) in [7, 11) is 4.16. The van der Waals surface area contributed by atoms with Crippen LogP contribution in [0.25, 0.3) is 0 Å². The number of hydrogen-bond acceptors (Lipinski definition) is 4. The average Bonchev–Trinajstić information content (AvgIpc) is 3.07. The average molecular weight is 318 g/mol. The van der Waals surface area contributed by atoms with E-state index in [1.165, 1.54) is 0 Å². The van der Waals surface area contributed by atoms with E-state index >= 15 is 0 Å². The summed E-state index contributed by atoms with van der Waals surface area (Å²) < 4.78 is 2.19. The van der Waals surface area contributed by atoms with Gasteiger partial charge in [0.2, 0.25) is 5.91 Å². The second-order valence-electron chi connectivity index (χ2n) is 6.15. The number of carbonyl (C=O) groups excluding carboxylic acids is 1. The van der Waals surface area contributed by atoms with Gasteiger partial charge in [-0.3, -0.25) is 4.79 Å². The Hall–Kier alpha value is -1.66. The molecule has 0 spiro atoms.